The number of hydrogen-bond donors (Lipinski definition) is 1. The Labute approximate surface area is 110 Å². The van der Waals surface area contributed by atoms with Crippen LogP contribution in [-0.2, 0) is 4.74 Å². The highest BCUT2D eigenvalue weighted by Crippen LogP contribution is 2.32. The van der Waals surface area contributed by atoms with Crippen LogP contribution in [0.5, 0.6) is 0 Å². The molecule has 0 saturated heterocycles. The summed E-state index contributed by atoms with van der Waals surface area (Å²) in [6, 6.07) is 4.24. The van der Waals surface area contributed by atoms with Gasteiger partial charge in [0.05, 0.1) is 6.61 Å². The fourth-order valence-electron chi connectivity index (χ4n) is 2.65. The first-order chi connectivity index (χ1) is 8.58. The topological polar surface area (TPSA) is 29.5 Å². The maximum Gasteiger partial charge on any atom is 0.103 e. The zero-order valence-electron chi connectivity index (χ0n) is 11.7. The lowest BCUT2D eigenvalue weighted by molar-refractivity contribution is 0.0330. The third kappa shape index (κ3) is 3.56. The lowest BCUT2D eigenvalue weighted by Crippen LogP contribution is -2.11. The third-order valence-corrected chi connectivity index (χ3v) is 3.71. The molecule has 1 atom stereocenters. The second-order valence-corrected chi connectivity index (χ2v) is 5.64. The minimum Gasteiger partial charge on any atom is -0.386 e. The van der Waals surface area contributed by atoms with Crippen molar-refractivity contribution in [3.63, 3.8) is 0 Å². The Morgan fingerprint density at radius 2 is 1.83 bits per heavy atom. The summed E-state index contributed by atoms with van der Waals surface area (Å²) in [4.78, 5) is 0. The average molecular weight is 248 g/mol. The fraction of sp³-hybridized carbons (Fsp3) is 0.625. The van der Waals surface area contributed by atoms with Crippen molar-refractivity contribution in [1.29, 1.82) is 0 Å². The van der Waals surface area contributed by atoms with E-state index in [1.54, 1.807) is 0 Å². The van der Waals surface area contributed by atoms with E-state index in [1.807, 2.05) is 0 Å². The van der Waals surface area contributed by atoms with Crippen molar-refractivity contribution in [2.75, 3.05) is 13.2 Å². The molecule has 0 amide bonds. The molecule has 1 aliphatic rings. The van der Waals surface area contributed by atoms with Crippen LogP contribution in [0.25, 0.3) is 0 Å². The summed E-state index contributed by atoms with van der Waals surface area (Å²) >= 11 is 0. The molecule has 0 heterocycles. The highest BCUT2D eigenvalue weighted by atomic mass is 16.5. The van der Waals surface area contributed by atoms with Crippen LogP contribution >= 0.6 is 0 Å². The molecule has 2 nitrogen and oxygen atoms in total. The Balaban J connectivity index is 1.88. The van der Waals surface area contributed by atoms with Gasteiger partial charge in [0.25, 0.3) is 0 Å². The van der Waals surface area contributed by atoms with Gasteiger partial charge in [0.2, 0.25) is 0 Å². The summed E-state index contributed by atoms with van der Waals surface area (Å²) in [7, 11) is 0. The number of hydrogen-bond acceptors (Lipinski definition) is 2. The van der Waals surface area contributed by atoms with Crippen LogP contribution in [0.4, 0.5) is 0 Å². The van der Waals surface area contributed by atoms with Gasteiger partial charge in [-0.2, -0.15) is 0 Å². The van der Waals surface area contributed by atoms with E-state index in [-0.39, 0.29) is 0 Å². The van der Waals surface area contributed by atoms with Crippen molar-refractivity contribution in [2.24, 2.45) is 5.92 Å². The normalized spacial score (nSPS) is 16.9. The molecule has 0 spiro atoms. The Morgan fingerprint density at radius 3 is 2.39 bits per heavy atom. The van der Waals surface area contributed by atoms with Crippen LogP contribution in [0.1, 0.15) is 47.6 Å². The van der Waals surface area contributed by atoms with Gasteiger partial charge in [-0.15, -0.1) is 0 Å². The first kappa shape index (κ1) is 13.6. The van der Waals surface area contributed by atoms with Gasteiger partial charge in [0.1, 0.15) is 6.10 Å². The molecule has 1 fully saturated rings. The molecule has 2 rings (SSSR count). The van der Waals surface area contributed by atoms with Gasteiger partial charge in [0, 0.05) is 6.61 Å². The Hall–Kier alpha value is -0.860. The molecule has 1 unspecified atom stereocenters. The third-order valence-electron chi connectivity index (χ3n) is 3.71. The predicted octanol–water partition coefficient (Wildman–Crippen LogP) is 3.46. The van der Waals surface area contributed by atoms with Crippen LogP contribution in [-0.4, -0.2) is 18.3 Å². The largest absolute Gasteiger partial charge is 0.386 e. The lowest BCUT2D eigenvalue weighted by atomic mass is 9.96. The van der Waals surface area contributed by atoms with Crippen molar-refractivity contribution in [3.05, 3.63) is 34.4 Å². The highest BCUT2D eigenvalue weighted by molar-refractivity contribution is 5.38. The zero-order chi connectivity index (χ0) is 13.1. The number of aliphatic hydroxyl groups excluding tert-OH is 1. The van der Waals surface area contributed by atoms with Crippen LogP contribution in [0.15, 0.2) is 12.1 Å². The lowest BCUT2D eigenvalue weighted by Gasteiger charge is -2.17. The smallest absolute Gasteiger partial charge is 0.103 e. The van der Waals surface area contributed by atoms with Crippen molar-refractivity contribution in [2.45, 2.75) is 46.1 Å². The van der Waals surface area contributed by atoms with Gasteiger partial charge in [-0.1, -0.05) is 30.5 Å². The number of aryl methyl sites for hydroxylation is 3. The maximum absolute atomic E-state index is 10.2. The molecule has 1 aromatic rings. The first-order valence-corrected chi connectivity index (χ1v) is 6.91. The minimum absolute atomic E-state index is 0.414. The standard InChI is InChI=1S/C16H24O2/c1-11-8-12(2)16(13(3)9-11)15(17)10-18-7-6-14-4-5-14/h8-9,14-15,17H,4-7,10H2,1-3H3. The predicted molar refractivity (Wildman–Crippen MR) is 73.8 cm³/mol. The van der Waals surface area contributed by atoms with Crippen molar-refractivity contribution >= 4 is 0 Å². The Morgan fingerprint density at radius 1 is 1.22 bits per heavy atom. The van der Waals surface area contributed by atoms with Crippen LogP contribution < -0.4 is 0 Å². The van der Waals surface area contributed by atoms with Crippen LogP contribution in [0.3, 0.4) is 0 Å². The summed E-state index contributed by atoms with van der Waals surface area (Å²) in [5, 5.41) is 10.2. The minimum atomic E-state index is -0.496. The molecular formula is C16H24O2. The van der Waals surface area contributed by atoms with E-state index in [4.69, 9.17) is 4.74 Å². The Bertz CT molecular complexity index is 385. The molecule has 0 radical (unpaired) electrons. The molecule has 2 heteroatoms. The molecule has 0 aliphatic heterocycles. The van der Waals surface area contributed by atoms with Gasteiger partial charge in [-0.25, -0.2) is 0 Å². The van der Waals surface area contributed by atoms with Crippen LogP contribution in [0.2, 0.25) is 0 Å². The Kier molecular flexibility index (Phi) is 4.41. The zero-order valence-corrected chi connectivity index (χ0v) is 11.7. The molecule has 1 saturated carbocycles. The number of ether oxygens (including phenoxy) is 1. The monoisotopic (exact) mass is 248 g/mol. The number of benzene rings is 1. The fourth-order valence-corrected chi connectivity index (χ4v) is 2.65. The molecule has 100 valence electrons. The molecule has 18 heavy (non-hydrogen) atoms. The molecule has 1 aromatic carbocycles. The van der Waals surface area contributed by atoms with E-state index < -0.39 is 6.10 Å². The molecule has 0 aromatic heterocycles. The second kappa shape index (κ2) is 5.85. The highest BCUT2D eigenvalue weighted by Gasteiger charge is 2.21. The van der Waals surface area contributed by atoms with Gasteiger partial charge < -0.3 is 9.84 Å². The molecule has 0 bridgehead atoms. The van der Waals surface area contributed by atoms with Crippen LogP contribution in [0, 0.1) is 26.7 Å². The van der Waals surface area contributed by atoms with Gasteiger partial charge in [-0.3, -0.25) is 0 Å². The first-order valence-electron chi connectivity index (χ1n) is 6.91. The summed E-state index contributed by atoms with van der Waals surface area (Å²) in [6.07, 6.45) is 3.38. The molecular weight excluding hydrogens is 224 g/mol. The second-order valence-electron chi connectivity index (χ2n) is 5.64. The number of aliphatic hydroxyl groups is 1. The SMILES string of the molecule is Cc1cc(C)c(C(O)COCCC2CC2)c(C)c1. The summed E-state index contributed by atoms with van der Waals surface area (Å²) in [6.45, 7) is 7.40. The van der Waals surface area contributed by atoms with E-state index in [1.165, 1.54) is 18.4 Å². The van der Waals surface area contributed by atoms with Crippen molar-refractivity contribution in [1.82, 2.24) is 0 Å². The van der Waals surface area contributed by atoms with E-state index in [0.29, 0.717) is 6.61 Å². The van der Waals surface area contributed by atoms with Gasteiger partial charge in [-0.05, 0) is 49.8 Å². The van der Waals surface area contributed by atoms with Crippen molar-refractivity contribution < 1.29 is 9.84 Å². The molecule has 1 N–H and O–H groups in total. The van der Waals surface area contributed by atoms with Gasteiger partial charge >= 0.3 is 0 Å². The molecule has 1 aliphatic carbocycles. The van der Waals surface area contributed by atoms with E-state index in [9.17, 15) is 5.11 Å². The maximum atomic E-state index is 10.2. The number of rotatable bonds is 6. The summed E-state index contributed by atoms with van der Waals surface area (Å²) < 4.78 is 5.59. The van der Waals surface area contributed by atoms with E-state index >= 15 is 0 Å². The van der Waals surface area contributed by atoms with Gasteiger partial charge in [0.15, 0.2) is 0 Å². The summed E-state index contributed by atoms with van der Waals surface area (Å²) in [5.74, 6) is 0.894. The van der Waals surface area contributed by atoms with E-state index in [0.717, 1.165) is 35.6 Å². The average Bonchev–Trinajstić information content (AvgIpc) is 3.06. The summed E-state index contributed by atoms with van der Waals surface area (Å²) in [5.41, 5.74) is 4.60. The van der Waals surface area contributed by atoms with E-state index in [2.05, 4.69) is 32.9 Å². The van der Waals surface area contributed by atoms with Crippen molar-refractivity contribution in [3.8, 4) is 0 Å². The quantitative estimate of drug-likeness (QED) is 0.781.